The van der Waals surface area contributed by atoms with Crippen LogP contribution >= 0.6 is 23.1 Å². The molecule has 0 radical (unpaired) electrons. The highest BCUT2D eigenvalue weighted by Gasteiger charge is 2.28. The maximum Gasteiger partial charge on any atom is 0.188 e. The number of nitrogens with one attached hydrogen (secondary N) is 1. The van der Waals surface area contributed by atoms with Crippen LogP contribution in [0.3, 0.4) is 0 Å². The Labute approximate surface area is 171 Å². The molecule has 4 heterocycles. The number of thioether (sulfide) groups is 1. The molecular formula is C19H19N7S2. The van der Waals surface area contributed by atoms with E-state index in [0.717, 1.165) is 47.5 Å². The number of thiazole rings is 1. The quantitative estimate of drug-likeness (QED) is 0.482. The molecule has 142 valence electrons. The summed E-state index contributed by atoms with van der Waals surface area (Å²) in [5, 5.41) is 15.9. The number of aromatic nitrogens is 4. The minimum absolute atomic E-state index is 0.297. The van der Waals surface area contributed by atoms with Crippen LogP contribution < -0.4 is 5.32 Å². The normalized spacial score (nSPS) is 16.8. The lowest BCUT2D eigenvalue weighted by atomic mass is 10.1. The van der Waals surface area contributed by atoms with Crippen molar-refractivity contribution >= 4 is 34.0 Å². The predicted molar refractivity (Wildman–Crippen MR) is 111 cm³/mol. The van der Waals surface area contributed by atoms with Gasteiger partial charge in [0.1, 0.15) is 5.82 Å². The van der Waals surface area contributed by atoms with Gasteiger partial charge in [-0.1, -0.05) is 11.8 Å². The minimum Gasteiger partial charge on any atom is -0.316 e. The summed E-state index contributed by atoms with van der Waals surface area (Å²) >= 11 is 3.11. The monoisotopic (exact) mass is 409 g/mol. The van der Waals surface area contributed by atoms with E-state index in [-0.39, 0.29) is 0 Å². The molecule has 0 bridgehead atoms. The van der Waals surface area contributed by atoms with Crippen molar-refractivity contribution < 1.29 is 0 Å². The number of hydrogen-bond acceptors (Lipinski definition) is 9. The molecule has 0 unspecified atom stereocenters. The Kier molecular flexibility index (Phi) is 5.81. The van der Waals surface area contributed by atoms with Gasteiger partial charge in [0, 0.05) is 36.1 Å². The van der Waals surface area contributed by atoms with Crippen molar-refractivity contribution in [3.8, 4) is 6.07 Å². The average Bonchev–Trinajstić information content (AvgIpc) is 3.38. The molecule has 0 amide bonds. The first kappa shape index (κ1) is 18.8. The maximum atomic E-state index is 9.02. The molecule has 1 atom stereocenters. The Bertz CT molecular complexity index is 980. The molecule has 0 saturated carbocycles. The van der Waals surface area contributed by atoms with Gasteiger partial charge in [-0.15, -0.1) is 11.3 Å². The summed E-state index contributed by atoms with van der Waals surface area (Å²) in [6.07, 6.45) is 9.67. The van der Waals surface area contributed by atoms with E-state index in [1.165, 1.54) is 0 Å². The fourth-order valence-electron chi connectivity index (χ4n) is 3.29. The van der Waals surface area contributed by atoms with Crippen LogP contribution in [-0.4, -0.2) is 37.6 Å². The molecule has 1 aliphatic rings. The fraction of sp³-hybridized carbons (Fsp3) is 0.316. The number of pyridine rings is 1. The van der Waals surface area contributed by atoms with Crippen molar-refractivity contribution in [1.29, 1.82) is 5.26 Å². The van der Waals surface area contributed by atoms with Crippen molar-refractivity contribution in [3.05, 3.63) is 52.9 Å². The number of nitrogens with zero attached hydrogens (tertiary/aromatic N) is 6. The van der Waals surface area contributed by atoms with Gasteiger partial charge in [0.2, 0.25) is 0 Å². The molecule has 1 saturated heterocycles. The Balaban J connectivity index is 1.45. The highest BCUT2D eigenvalue weighted by atomic mass is 32.2. The third kappa shape index (κ3) is 4.30. The van der Waals surface area contributed by atoms with Crippen LogP contribution in [-0.2, 0) is 6.54 Å². The second-order valence-electron chi connectivity index (χ2n) is 6.45. The fourth-order valence-corrected chi connectivity index (χ4v) is 4.37. The first-order valence-electron chi connectivity index (χ1n) is 8.92. The van der Waals surface area contributed by atoms with Crippen LogP contribution in [0.4, 0.5) is 10.9 Å². The minimum atomic E-state index is 0.297. The summed E-state index contributed by atoms with van der Waals surface area (Å²) in [5.41, 5.74) is 2.77. The smallest absolute Gasteiger partial charge is 0.188 e. The van der Waals surface area contributed by atoms with Crippen molar-refractivity contribution in [2.75, 3.05) is 18.1 Å². The molecule has 28 heavy (non-hydrogen) atoms. The van der Waals surface area contributed by atoms with Crippen LogP contribution in [0.2, 0.25) is 0 Å². The summed E-state index contributed by atoms with van der Waals surface area (Å²) in [4.78, 5) is 20.2. The van der Waals surface area contributed by atoms with Crippen molar-refractivity contribution in [2.24, 2.45) is 0 Å². The zero-order valence-electron chi connectivity index (χ0n) is 15.4. The van der Waals surface area contributed by atoms with Gasteiger partial charge in [0.05, 0.1) is 23.4 Å². The summed E-state index contributed by atoms with van der Waals surface area (Å²) in [6, 6.07) is 5.83. The zero-order valence-corrected chi connectivity index (χ0v) is 17.0. The lowest BCUT2D eigenvalue weighted by Gasteiger charge is -2.22. The molecule has 1 fully saturated rings. The Hall–Kier alpha value is -2.54. The number of nitriles is 1. The van der Waals surface area contributed by atoms with E-state index in [1.54, 1.807) is 41.4 Å². The topological polar surface area (TPSA) is 90.6 Å². The number of rotatable bonds is 6. The van der Waals surface area contributed by atoms with Gasteiger partial charge >= 0.3 is 0 Å². The third-order valence-electron chi connectivity index (χ3n) is 4.60. The molecule has 4 rings (SSSR count). The molecule has 3 aromatic heterocycles. The Morgan fingerprint density at radius 1 is 1.36 bits per heavy atom. The van der Waals surface area contributed by atoms with E-state index in [2.05, 4.69) is 36.6 Å². The predicted octanol–water partition coefficient (Wildman–Crippen LogP) is 4.00. The summed E-state index contributed by atoms with van der Waals surface area (Å²) in [5.74, 6) is 0.634. The van der Waals surface area contributed by atoms with Gasteiger partial charge in [-0.2, -0.15) is 5.26 Å². The lowest BCUT2D eigenvalue weighted by molar-refractivity contribution is 0.244. The van der Waals surface area contributed by atoms with E-state index in [0.29, 0.717) is 17.4 Å². The van der Waals surface area contributed by atoms with Crippen molar-refractivity contribution in [2.45, 2.75) is 30.6 Å². The van der Waals surface area contributed by atoms with Gasteiger partial charge in [-0.25, -0.2) is 19.9 Å². The van der Waals surface area contributed by atoms with Gasteiger partial charge in [0.25, 0.3) is 0 Å². The molecule has 1 aliphatic heterocycles. The third-order valence-corrected chi connectivity index (χ3v) is 5.95. The Morgan fingerprint density at radius 2 is 2.21 bits per heavy atom. The van der Waals surface area contributed by atoms with Gasteiger partial charge < -0.3 is 5.32 Å². The molecule has 7 nitrogen and oxygen atoms in total. The highest BCUT2D eigenvalue weighted by molar-refractivity contribution is 7.98. The highest BCUT2D eigenvalue weighted by Crippen LogP contribution is 2.35. The van der Waals surface area contributed by atoms with Crippen molar-refractivity contribution in [1.82, 2.24) is 24.8 Å². The number of anilines is 2. The van der Waals surface area contributed by atoms with Gasteiger partial charge in [0.15, 0.2) is 10.3 Å². The second kappa shape index (κ2) is 8.65. The van der Waals surface area contributed by atoms with E-state index >= 15 is 0 Å². The molecular weight excluding hydrogens is 390 g/mol. The van der Waals surface area contributed by atoms with Crippen LogP contribution in [0.5, 0.6) is 0 Å². The SMILES string of the molecule is CSc1ncc(CN2CCC[C@H]2c2csc(Nc3cc(C#N)ccn3)n2)cn1. The van der Waals surface area contributed by atoms with Crippen LogP contribution in [0.25, 0.3) is 0 Å². The molecule has 0 spiro atoms. The summed E-state index contributed by atoms with van der Waals surface area (Å²) in [7, 11) is 0. The standard InChI is InChI=1S/C19H19N7S2/c1-27-18-22-9-14(10-23-18)11-26-6-2-3-16(26)15-12-28-19(24-15)25-17-7-13(8-20)4-5-21-17/h4-5,7,9-10,12,16H,2-3,6,11H2,1H3,(H,21,24,25)/t16-/m0/s1. The van der Waals surface area contributed by atoms with Crippen LogP contribution in [0.15, 0.2) is 41.3 Å². The first-order chi connectivity index (χ1) is 13.7. The number of likely N-dealkylation sites (tertiary alicyclic amines) is 1. The van der Waals surface area contributed by atoms with E-state index in [9.17, 15) is 0 Å². The molecule has 0 aromatic carbocycles. The van der Waals surface area contributed by atoms with Crippen molar-refractivity contribution in [3.63, 3.8) is 0 Å². The van der Waals surface area contributed by atoms with Crippen LogP contribution in [0.1, 0.15) is 35.7 Å². The van der Waals surface area contributed by atoms with E-state index in [1.807, 2.05) is 18.6 Å². The van der Waals surface area contributed by atoms with E-state index < -0.39 is 0 Å². The Morgan fingerprint density at radius 3 is 3.00 bits per heavy atom. The zero-order chi connectivity index (χ0) is 19.3. The second-order valence-corrected chi connectivity index (χ2v) is 8.08. The van der Waals surface area contributed by atoms with Gasteiger partial charge in [-0.3, -0.25) is 4.90 Å². The maximum absolute atomic E-state index is 9.02. The summed E-state index contributed by atoms with van der Waals surface area (Å²) < 4.78 is 0. The number of hydrogen-bond donors (Lipinski definition) is 1. The summed E-state index contributed by atoms with van der Waals surface area (Å²) in [6.45, 7) is 1.87. The van der Waals surface area contributed by atoms with Crippen LogP contribution in [0, 0.1) is 11.3 Å². The largest absolute Gasteiger partial charge is 0.316 e. The molecule has 0 aliphatic carbocycles. The first-order valence-corrected chi connectivity index (χ1v) is 11.0. The lowest BCUT2D eigenvalue weighted by Crippen LogP contribution is -2.23. The van der Waals surface area contributed by atoms with Gasteiger partial charge in [-0.05, 0) is 37.8 Å². The van der Waals surface area contributed by atoms with E-state index in [4.69, 9.17) is 10.2 Å². The average molecular weight is 410 g/mol. The molecule has 1 N–H and O–H groups in total. The molecule has 3 aromatic rings. The molecule has 9 heteroatoms.